The SMILES string of the molecule is Cc1cc(C)cc(CCNC(=NCc2nnc(C)n2C)NCCCN2CCOCC2)c1. The molecule has 0 spiro atoms. The number of hydrogen-bond donors (Lipinski definition) is 2. The molecular weight excluding hydrogens is 390 g/mol. The zero-order valence-corrected chi connectivity index (χ0v) is 19.4. The Hall–Kier alpha value is -2.45. The van der Waals surface area contributed by atoms with Gasteiger partial charge in [-0.05, 0) is 45.7 Å². The second-order valence-electron chi connectivity index (χ2n) is 8.29. The summed E-state index contributed by atoms with van der Waals surface area (Å²) in [5.41, 5.74) is 3.96. The maximum Gasteiger partial charge on any atom is 0.191 e. The van der Waals surface area contributed by atoms with Crippen molar-refractivity contribution < 1.29 is 4.74 Å². The molecule has 0 radical (unpaired) electrons. The molecule has 2 heterocycles. The minimum Gasteiger partial charge on any atom is -0.379 e. The Kier molecular flexibility index (Phi) is 8.85. The van der Waals surface area contributed by atoms with E-state index in [1.807, 2.05) is 18.5 Å². The van der Waals surface area contributed by atoms with Gasteiger partial charge in [0.1, 0.15) is 12.4 Å². The van der Waals surface area contributed by atoms with Gasteiger partial charge in [0, 0.05) is 33.2 Å². The molecule has 0 aliphatic carbocycles. The number of benzene rings is 1. The topological polar surface area (TPSA) is 79.6 Å². The Balaban J connectivity index is 1.52. The lowest BCUT2D eigenvalue weighted by Crippen LogP contribution is -2.41. The molecule has 0 saturated carbocycles. The molecule has 0 atom stereocenters. The highest BCUT2D eigenvalue weighted by Gasteiger charge is 2.10. The molecule has 0 bridgehead atoms. The number of guanidine groups is 1. The number of aromatic nitrogens is 3. The van der Waals surface area contributed by atoms with Crippen LogP contribution in [0, 0.1) is 20.8 Å². The molecule has 1 aliphatic heterocycles. The monoisotopic (exact) mass is 427 g/mol. The van der Waals surface area contributed by atoms with Gasteiger partial charge >= 0.3 is 0 Å². The number of rotatable bonds is 9. The summed E-state index contributed by atoms with van der Waals surface area (Å²) < 4.78 is 7.41. The van der Waals surface area contributed by atoms with E-state index >= 15 is 0 Å². The van der Waals surface area contributed by atoms with E-state index in [2.05, 4.69) is 57.8 Å². The number of aryl methyl sites for hydroxylation is 3. The summed E-state index contributed by atoms with van der Waals surface area (Å²) in [6.07, 6.45) is 2.03. The lowest BCUT2D eigenvalue weighted by molar-refractivity contribution is 0.0376. The molecular formula is C23H37N7O. The third-order valence-electron chi connectivity index (χ3n) is 5.60. The van der Waals surface area contributed by atoms with E-state index in [4.69, 9.17) is 9.73 Å². The van der Waals surface area contributed by atoms with Crippen LogP contribution in [-0.2, 0) is 24.8 Å². The van der Waals surface area contributed by atoms with Crippen LogP contribution in [0.4, 0.5) is 0 Å². The van der Waals surface area contributed by atoms with Gasteiger partial charge in [-0.1, -0.05) is 29.3 Å². The molecule has 8 heteroatoms. The van der Waals surface area contributed by atoms with E-state index in [1.54, 1.807) is 0 Å². The predicted octanol–water partition coefficient (Wildman–Crippen LogP) is 1.74. The van der Waals surface area contributed by atoms with Gasteiger partial charge in [0.15, 0.2) is 11.8 Å². The van der Waals surface area contributed by atoms with Gasteiger partial charge in [0.25, 0.3) is 0 Å². The molecule has 2 aromatic rings. The fourth-order valence-corrected chi connectivity index (χ4v) is 3.79. The summed E-state index contributed by atoms with van der Waals surface area (Å²) in [7, 11) is 1.98. The highest BCUT2D eigenvalue weighted by molar-refractivity contribution is 5.79. The van der Waals surface area contributed by atoms with E-state index < -0.39 is 0 Å². The normalized spacial score (nSPS) is 15.3. The van der Waals surface area contributed by atoms with Crippen molar-refractivity contribution in [2.45, 2.75) is 40.2 Å². The zero-order chi connectivity index (χ0) is 22.1. The maximum atomic E-state index is 5.43. The minimum absolute atomic E-state index is 0.500. The Morgan fingerprint density at radius 3 is 2.42 bits per heavy atom. The first kappa shape index (κ1) is 23.2. The minimum atomic E-state index is 0.500. The van der Waals surface area contributed by atoms with Gasteiger partial charge in [-0.3, -0.25) is 4.90 Å². The second kappa shape index (κ2) is 11.8. The molecule has 170 valence electrons. The highest BCUT2D eigenvalue weighted by atomic mass is 16.5. The van der Waals surface area contributed by atoms with Gasteiger partial charge < -0.3 is 19.9 Å². The first-order valence-electron chi connectivity index (χ1n) is 11.3. The van der Waals surface area contributed by atoms with Crippen LogP contribution < -0.4 is 10.6 Å². The lowest BCUT2D eigenvalue weighted by Gasteiger charge is -2.26. The van der Waals surface area contributed by atoms with E-state index in [-0.39, 0.29) is 0 Å². The van der Waals surface area contributed by atoms with Crippen molar-refractivity contribution in [1.29, 1.82) is 0 Å². The smallest absolute Gasteiger partial charge is 0.191 e. The summed E-state index contributed by atoms with van der Waals surface area (Å²) in [6, 6.07) is 6.72. The number of hydrogen-bond acceptors (Lipinski definition) is 5. The molecule has 1 aromatic carbocycles. The number of morpholine rings is 1. The molecule has 1 fully saturated rings. The van der Waals surface area contributed by atoms with Crippen molar-refractivity contribution in [2.75, 3.05) is 45.9 Å². The predicted molar refractivity (Wildman–Crippen MR) is 124 cm³/mol. The third-order valence-corrected chi connectivity index (χ3v) is 5.60. The summed E-state index contributed by atoms with van der Waals surface area (Å²) >= 11 is 0. The zero-order valence-electron chi connectivity index (χ0n) is 19.4. The summed E-state index contributed by atoms with van der Waals surface area (Å²) in [5.74, 6) is 2.58. The van der Waals surface area contributed by atoms with Gasteiger partial charge in [-0.2, -0.15) is 0 Å². The van der Waals surface area contributed by atoms with Crippen LogP contribution >= 0.6 is 0 Å². The van der Waals surface area contributed by atoms with Crippen molar-refractivity contribution in [2.24, 2.45) is 12.0 Å². The van der Waals surface area contributed by atoms with Crippen molar-refractivity contribution in [3.8, 4) is 0 Å². The Labute approximate surface area is 186 Å². The fraction of sp³-hybridized carbons (Fsp3) is 0.609. The fourth-order valence-electron chi connectivity index (χ4n) is 3.79. The molecule has 0 unspecified atom stereocenters. The summed E-state index contributed by atoms with van der Waals surface area (Å²) in [5, 5.41) is 15.3. The number of ether oxygens (including phenoxy) is 1. The molecule has 1 aromatic heterocycles. The van der Waals surface area contributed by atoms with Gasteiger partial charge in [0.05, 0.1) is 13.2 Å². The Morgan fingerprint density at radius 1 is 1.03 bits per heavy atom. The number of aliphatic imine (C=N–C) groups is 1. The number of nitrogens with one attached hydrogen (secondary N) is 2. The molecule has 1 aliphatic rings. The number of nitrogens with zero attached hydrogens (tertiary/aromatic N) is 5. The van der Waals surface area contributed by atoms with Crippen molar-refractivity contribution in [3.63, 3.8) is 0 Å². The van der Waals surface area contributed by atoms with Gasteiger partial charge in [-0.25, -0.2) is 4.99 Å². The van der Waals surface area contributed by atoms with Crippen LogP contribution in [-0.4, -0.2) is 71.6 Å². The van der Waals surface area contributed by atoms with Crippen LogP contribution in [0.3, 0.4) is 0 Å². The third kappa shape index (κ3) is 7.63. The molecule has 2 N–H and O–H groups in total. The summed E-state index contributed by atoms with van der Waals surface area (Å²) in [4.78, 5) is 7.21. The average molecular weight is 428 g/mol. The Morgan fingerprint density at radius 2 is 1.74 bits per heavy atom. The van der Waals surface area contributed by atoms with Crippen LogP contribution in [0.25, 0.3) is 0 Å². The Bertz CT molecular complexity index is 835. The van der Waals surface area contributed by atoms with Gasteiger partial charge in [0.2, 0.25) is 0 Å². The second-order valence-corrected chi connectivity index (χ2v) is 8.29. The van der Waals surface area contributed by atoms with E-state index in [0.29, 0.717) is 6.54 Å². The molecule has 31 heavy (non-hydrogen) atoms. The van der Waals surface area contributed by atoms with Crippen LogP contribution in [0.2, 0.25) is 0 Å². The molecule has 0 amide bonds. The van der Waals surface area contributed by atoms with E-state index in [0.717, 1.165) is 76.4 Å². The van der Waals surface area contributed by atoms with E-state index in [1.165, 1.54) is 16.7 Å². The van der Waals surface area contributed by atoms with E-state index in [9.17, 15) is 0 Å². The first-order chi connectivity index (χ1) is 15.0. The summed E-state index contributed by atoms with van der Waals surface area (Å²) in [6.45, 7) is 13.3. The van der Waals surface area contributed by atoms with Crippen LogP contribution in [0.1, 0.15) is 34.8 Å². The van der Waals surface area contributed by atoms with Crippen LogP contribution in [0.5, 0.6) is 0 Å². The highest BCUT2D eigenvalue weighted by Crippen LogP contribution is 2.09. The van der Waals surface area contributed by atoms with Gasteiger partial charge in [-0.15, -0.1) is 10.2 Å². The average Bonchev–Trinajstić information content (AvgIpc) is 3.06. The van der Waals surface area contributed by atoms with Crippen molar-refractivity contribution in [3.05, 3.63) is 46.5 Å². The molecule has 8 nitrogen and oxygen atoms in total. The largest absolute Gasteiger partial charge is 0.379 e. The quantitative estimate of drug-likeness (QED) is 0.361. The lowest BCUT2D eigenvalue weighted by atomic mass is 10.1. The molecule has 1 saturated heterocycles. The standard InChI is InChI=1S/C23H37N7O/c1-18-14-19(2)16-21(15-18)6-8-25-23(26-17-22-28-27-20(3)29(22)4)24-7-5-9-30-10-12-31-13-11-30/h14-16H,5-13,17H2,1-4H3,(H2,24,25,26). The van der Waals surface area contributed by atoms with Crippen LogP contribution in [0.15, 0.2) is 23.2 Å². The first-order valence-corrected chi connectivity index (χ1v) is 11.3. The molecule has 3 rings (SSSR count). The maximum absolute atomic E-state index is 5.43. The van der Waals surface area contributed by atoms with Crippen molar-refractivity contribution in [1.82, 2.24) is 30.3 Å². The van der Waals surface area contributed by atoms with Crippen molar-refractivity contribution >= 4 is 5.96 Å².